The molecule has 0 atom stereocenters. The van der Waals surface area contributed by atoms with Crippen LogP contribution in [-0.4, -0.2) is 27.8 Å². The zero-order valence-electron chi connectivity index (χ0n) is 12.1. The molecule has 2 rings (SSSR count). The highest BCUT2D eigenvalue weighted by Gasteiger charge is 2.18. The fourth-order valence-electron chi connectivity index (χ4n) is 2.24. The van der Waals surface area contributed by atoms with Gasteiger partial charge in [-0.2, -0.15) is 0 Å². The summed E-state index contributed by atoms with van der Waals surface area (Å²) in [5.41, 5.74) is 7.27. The Bertz CT molecular complexity index is 684. The third kappa shape index (κ3) is 3.83. The first kappa shape index (κ1) is 15.5. The van der Waals surface area contributed by atoms with Gasteiger partial charge in [0, 0.05) is 18.5 Å². The van der Waals surface area contributed by atoms with Crippen LogP contribution in [0, 0.1) is 0 Å². The van der Waals surface area contributed by atoms with Crippen LogP contribution in [0.4, 0.5) is 11.4 Å². The summed E-state index contributed by atoms with van der Waals surface area (Å²) in [5.74, 6) is 0. The minimum absolute atomic E-state index is 0.339. The number of benzene rings is 2. The number of rotatable bonds is 6. The van der Waals surface area contributed by atoms with E-state index in [9.17, 15) is 8.42 Å². The molecule has 0 aromatic heterocycles. The molecule has 112 valence electrons. The molecule has 0 aliphatic carbocycles. The standard InChI is InChI=1S/C16H20N2O2S/c1-21(19,20)16-11-6-5-10-15(16)18(13-7-12-17)14-8-3-2-4-9-14/h2-6,8-11H,7,12-13,17H2,1H3. The molecule has 21 heavy (non-hydrogen) atoms. The van der Waals surface area contributed by atoms with Crippen LogP contribution in [0.25, 0.3) is 0 Å². The molecule has 0 saturated carbocycles. The zero-order valence-corrected chi connectivity index (χ0v) is 12.9. The quantitative estimate of drug-likeness (QED) is 0.891. The van der Waals surface area contributed by atoms with E-state index in [2.05, 4.69) is 0 Å². The van der Waals surface area contributed by atoms with Crippen LogP contribution >= 0.6 is 0 Å². The van der Waals surface area contributed by atoms with Gasteiger partial charge in [-0.05, 0) is 37.2 Å². The Morgan fingerprint density at radius 1 is 1.00 bits per heavy atom. The van der Waals surface area contributed by atoms with Crippen LogP contribution in [0.15, 0.2) is 59.5 Å². The van der Waals surface area contributed by atoms with Crippen molar-refractivity contribution >= 4 is 21.2 Å². The van der Waals surface area contributed by atoms with Gasteiger partial charge >= 0.3 is 0 Å². The van der Waals surface area contributed by atoms with Gasteiger partial charge in [0.1, 0.15) is 0 Å². The number of nitrogens with two attached hydrogens (primary N) is 1. The monoisotopic (exact) mass is 304 g/mol. The lowest BCUT2D eigenvalue weighted by molar-refractivity contribution is 0.601. The predicted molar refractivity (Wildman–Crippen MR) is 86.7 cm³/mol. The highest BCUT2D eigenvalue weighted by atomic mass is 32.2. The molecule has 0 bridgehead atoms. The molecule has 0 radical (unpaired) electrons. The second kappa shape index (κ2) is 6.74. The highest BCUT2D eigenvalue weighted by molar-refractivity contribution is 7.90. The molecule has 0 aliphatic rings. The fourth-order valence-corrected chi connectivity index (χ4v) is 3.12. The van der Waals surface area contributed by atoms with Crippen molar-refractivity contribution in [1.29, 1.82) is 0 Å². The Morgan fingerprint density at radius 3 is 2.24 bits per heavy atom. The molecule has 2 N–H and O–H groups in total. The van der Waals surface area contributed by atoms with Crippen LogP contribution < -0.4 is 10.6 Å². The largest absolute Gasteiger partial charge is 0.340 e. The molecular weight excluding hydrogens is 284 g/mol. The summed E-state index contributed by atoms with van der Waals surface area (Å²) < 4.78 is 24.0. The second-order valence-corrected chi connectivity index (χ2v) is 6.85. The number of hydrogen-bond acceptors (Lipinski definition) is 4. The fraction of sp³-hybridized carbons (Fsp3) is 0.250. The lowest BCUT2D eigenvalue weighted by Gasteiger charge is -2.26. The number of anilines is 2. The summed E-state index contributed by atoms with van der Waals surface area (Å²) in [6.07, 6.45) is 2.02. The van der Waals surface area contributed by atoms with Crippen molar-refractivity contribution < 1.29 is 8.42 Å². The zero-order chi connectivity index (χ0) is 15.3. The number of para-hydroxylation sites is 2. The van der Waals surface area contributed by atoms with Crippen LogP contribution in [0.1, 0.15) is 6.42 Å². The van der Waals surface area contributed by atoms with Crippen molar-refractivity contribution in [2.75, 3.05) is 24.2 Å². The maximum absolute atomic E-state index is 12.0. The maximum Gasteiger partial charge on any atom is 0.177 e. The molecule has 0 heterocycles. The Balaban J connectivity index is 2.52. The average Bonchev–Trinajstić information content (AvgIpc) is 2.48. The van der Waals surface area contributed by atoms with Gasteiger partial charge in [0.15, 0.2) is 9.84 Å². The van der Waals surface area contributed by atoms with E-state index in [1.54, 1.807) is 12.1 Å². The minimum Gasteiger partial charge on any atom is -0.340 e. The molecule has 0 fully saturated rings. The highest BCUT2D eigenvalue weighted by Crippen LogP contribution is 2.31. The van der Waals surface area contributed by atoms with Crippen molar-refractivity contribution in [2.24, 2.45) is 5.73 Å². The Hall–Kier alpha value is -1.85. The third-order valence-corrected chi connectivity index (χ3v) is 4.35. The SMILES string of the molecule is CS(=O)(=O)c1ccccc1N(CCCN)c1ccccc1. The summed E-state index contributed by atoms with van der Waals surface area (Å²) in [5, 5.41) is 0. The first-order chi connectivity index (χ1) is 10.0. The summed E-state index contributed by atoms with van der Waals surface area (Å²) in [6, 6.07) is 16.8. The van der Waals surface area contributed by atoms with E-state index < -0.39 is 9.84 Å². The Kier molecular flexibility index (Phi) is 4.98. The Labute approximate surface area is 126 Å². The molecule has 0 saturated heterocycles. The topological polar surface area (TPSA) is 63.4 Å². The maximum atomic E-state index is 12.0. The first-order valence-electron chi connectivity index (χ1n) is 6.86. The Morgan fingerprint density at radius 2 is 1.62 bits per heavy atom. The van der Waals surface area contributed by atoms with E-state index >= 15 is 0 Å². The van der Waals surface area contributed by atoms with Crippen LogP contribution in [0.5, 0.6) is 0 Å². The van der Waals surface area contributed by atoms with Gasteiger partial charge in [0.2, 0.25) is 0 Å². The summed E-state index contributed by atoms with van der Waals surface area (Å²) >= 11 is 0. The molecular formula is C16H20N2O2S. The van der Waals surface area contributed by atoms with Crippen molar-refractivity contribution in [2.45, 2.75) is 11.3 Å². The lowest BCUT2D eigenvalue weighted by Crippen LogP contribution is -2.22. The molecule has 5 heteroatoms. The normalized spacial score (nSPS) is 11.3. The van der Waals surface area contributed by atoms with E-state index in [4.69, 9.17) is 5.73 Å². The first-order valence-corrected chi connectivity index (χ1v) is 8.75. The van der Waals surface area contributed by atoms with Crippen molar-refractivity contribution in [3.05, 3.63) is 54.6 Å². The van der Waals surface area contributed by atoms with Crippen LogP contribution in [-0.2, 0) is 9.84 Å². The third-order valence-electron chi connectivity index (χ3n) is 3.21. The van der Waals surface area contributed by atoms with Gasteiger partial charge in [-0.25, -0.2) is 8.42 Å². The van der Waals surface area contributed by atoms with Gasteiger partial charge in [0.25, 0.3) is 0 Å². The molecule has 0 amide bonds. The molecule has 0 unspecified atom stereocenters. The van der Waals surface area contributed by atoms with Gasteiger partial charge in [-0.15, -0.1) is 0 Å². The molecule has 2 aromatic carbocycles. The summed E-state index contributed by atoms with van der Waals surface area (Å²) in [6.45, 7) is 1.23. The molecule has 0 spiro atoms. The second-order valence-electron chi connectivity index (χ2n) is 4.87. The van der Waals surface area contributed by atoms with Gasteiger partial charge in [-0.3, -0.25) is 0 Å². The van der Waals surface area contributed by atoms with Gasteiger partial charge < -0.3 is 10.6 Å². The lowest BCUT2D eigenvalue weighted by atomic mass is 10.2. The van der Waals surface area contributed by atoms with Crippen molar-refractivity contribution in [3.8, 4) is 0 Å². The van der Waals surface area contributed by atoms with Gasteiger partial charge in [-0.1, -0.05) is 30.3 Å². The number of hydrogen-bond donors (Lipinski definition) is 1. The van der Waals surface area contributed by atoms with Crippen molar-refractivity contribution in [1.82, 2.24) is 0 Å². The molecule has 2 aromatic rings. The van der Waals surface area contributed by atoms with E-state index in [-0.39, 0.29) is 0 Å². The van der Waals surface area contributed by atoms with Crippen molar-refractivity contribution in [3.63, 3.8) is 0 Å². The van der Waals surface area contributed by atoms with E-state index in [0.717, 1.165) is 12.1 Å². The molecule has 0 aliphatic heterocycles. The van der Waals surface area contributed by atoms with E-state index in [1.165, 1.54) is 6.26 Å². The number of sulfone groups is 1. The summed E-state index contributed by atoms with van der Waals surface area (Å²) in [4.78, 5) is 2.34. The van der Waals surface area contributed by atoms with Crippen LogP contribution in [0.2, 0.25) is 0 Å². The molecule has 4 nitrogen and oxygen atoms in total. The smallest absolute Gasteiger partial charge is 0.177 e. The van der Waals surface area contributed by atoms with E-state index in [0.29, 0.717) is 23.7 Å². The minimum atomic E-state index is -3.28. The summed E-state index contributed by atoms with van der Waals surface area (Å²) in [7, 11) is -3.28. The predicted octanol–water partition coefficient (Wildman–Crippen LogP) is 2.58. The van der Waals surface area contributed by atoms with Gasteiger partial charge in [0.05, 0.1) is 10.6 Å². The average molecular weight is 304 g/mol. The van der Waals surface area contributed by atoms with E-state index in [1.807, 2.05) is 47.4 Å². The number of nitrogens with zero attached hydrogens (tertiary/aromatic N) is 1. The van der Waals surface area contributed by atoms with Crippen LogP contribution in [0.3, 0.4) is 0 Å².